The first-order chi connectivity index (χ1) is 12.2. The molecule has 3 N–H and O–H groups in total. The van der Waals surface area contributed by atoms with Gasteiger partial charge in [-0.05, 0) is 30.7 Å². The molecule has 1 atom stereocenters. The van der Waals surface area contributed by atoms with Gasteiger partial charge < -0.3 is 10.3 Å². The summed E-state index contributed by atoms with van der Waals surface area (Å²) in [6.07, 6.45) is 4.18. The highest BCUT2D eigenvalue weighted by Crippen LogP contribution is 2.17. The third-order valence-electron chi connectivity index (χ3n) is 3.89. The van der Waals surface area contributed by atoms with Gasteiger partial charge in [-0.2, -0.15) is 5.10 Å². The van der Waals surface area contributed by atoms with Gasteiger partial charge in [-0.3, -0.25) is 4.79 Å². The van der Waals surface area contributed by atoms with E-state index in [0.29, 0.717) is 6.42 Å². The van der Waals surface area contributed by atoms with Crippen molar-refractivity contribution < 1.29 is 4.79 Å². The summed E-state index contributed by atoms with van der Waals surface area (Å²) in [7, 11) is 0. The normalized spacial score (nSPS) is 12.4. The van der Waals surface area contributed by atoms with Crippen molar-refractivity contribution in [3.8, 4) is 0 Å². The first kappa shape index (κ1) is 17.2. The van der Waals surface area contributed by atoms with E-state index < -0.39 is 0 Å². The third kappa shape index (κ3) is 4.28. The van der Waals surface area contributed by atoms with E-state index in [1.54, 1.807) is 6.21 Å². The number of anilines is 1. The second-order valence-corrected chi connectivity index (χ2v) is 6.56. The highest BCUT2D eigenvalue weighted by atomic mass is 79.9. The fourth-order valence-electron chi connectivity index (χ4n) is 2.58. The molecule has 25 heavy (non-hydrogen) atoms. The van der Waals surface area contributed by atoms with Gasteiger partial charge in [0.15, 0.2) is 0 Å². The molecule has 0 aliphatic carbocycles. The number of aromatic amines is 1. The van der Waals surface area contributed by atoms with Crippen molar-refractivity contribution in [2.75, 3.05) is 5.32 Å². The molecule has 1 heterocycles. The number of carbonyl (C=O) groups excluding carboxylic acids is 1. The van der Waals surface area contributed by atoms with E-state index in [0.717, 1.165) is 26.6 Å². The summed E-state index contributed by atoms with van der Waals surface area (Å²) in [5, 5.41) is 8.39. The Balaban J connectivity index is 1.64. The number of aromatic nitrogens is 1. The van der Waals surface area contributed by atoms with Crippen LogP contribution < -0.4 is 10.7 Å². The van der Waals surface area contributed by atoms with Gasteiger partial charge in [0.25, 0.3) is 5.91 Å². The van der Waals surface area contributed by atoms with Crippen LogP contribution in [0.5, 0.6) is 0 Å². The van der Waals surface area contributed by atoms with Crippen molar-refractivity contribution in [1.82, 2.24) is 10.4 Å². The lowest BCUT2D eigenvalue weighted by Crippen LogP contribution is -2.36. The van der Waals surface area contributed by atoms with Crippen LogP contribution in [0.2, 0.25) is 0 Å². The lowest BCUT2D eigenvalue weighted by Gasteiger charge is -2.16. The van der Waals surface area contributed by atoms with Crippen LogP contribution in [0.4, 0.5) is 5.69 Å². The van der Waals surface area contributed by atoms with Crippen molar-refractivity contribution in [3.05, 3.63) is 64.8 Å². The Hall–Kier alpha value is -2.60. The third-order valence-corrected chi connectivity index (χ3v) is 4.38. The van der Waals surface area contributed by atoms with Crippen molar-refractivity contribution in [1.29, 1.82) is 0 Å². The number of nitrogens with one attached hydrogen (secondary N) is 3. The summed E-state index contributed by atoms with van der Waals surface area (Å²) in [5.41, 5.74) is 5.47. The minimum Gasteiger partial charge on any atom is -0.374 e. The number of fused-ring (bicyclic) bond motifs is 1. The van der Waals surface area contributed by atoms with Crippen molar-refractivity contribution in [2.24, 2.45) is 5.10 Å². The Morgan fingerprint density at radius 1 is 1.28 bits per heavy atom. The van der Waals surface area contributed by atoms with Crippen molar-refractivity contribution in [3.63, 3.8) is 0 Å². The van der Waals surface area contributed by atoms with Crippen molar-refractivity contribution >= 4 is 44.6 Å². The van der Waals surface area contributed by atoms with E-state index in [1.807, 2.05) is 61.7 Å². The van der Waals surface area contributed by atoms with E-state index in [-0.39, 0.29) is 11.9 Å². The Labute approximate surface area is 154 Å². The molecular weight excluding hydrogens is 380 g/mol. The monoisotopic (exact) mass is 398 g/mol. The maximum Gasteiger partial charge on any atom is 0.262 e. The maximum absolute atomic E-state index is 12.3. The number of hydrogen-bond donors (Lipinski definition) is 3. The SMILES string of the molecule is CCC(Nc1cccc(Br)c1)C(=O)NN=Cc1c[nH]c2ccccc12. The molecule has 128 valence electrons. The molecule has 0 fully saturated rings. The van der Waals surface area contributed by atoms with Crippen LogP contribution in [0.3, 0.4) is 0 Å². The van der Waals surface area contributed by atoms with E-state index >= 15 is 0 Å². The van der Waals surface area contributed by atoms with E-state index in [1.165, 1.54) is 0 Å². The van der Waals surface area contributed by atoms with Gasteiger partial charge in [0.2, 0.25) is 0 Å². The first-order valence-corrected chi connectivity index (χ1v) is 8.88. The first-order valence-electron chi connectivity index (χ1n) is 8.08. The number of hydrazone groups is 1. The van der Waals surface area contributed by atoms with Gasteiger partial charge in [0, 0.05) is 32.8 Å². The van der Waals surface area contributed by atoms with E-state index in [4.69, 9.17) is 0 Å². The highest BCUT2D eigenvalue weighted by molar-refractivity contribution is 9.10. The Bertz CT molecular complexity index is 903. The molecule has 2 aromatic carbocycles. The van der Waals surface area contributed by atoms with E-state index in [9.17, 15) is 4.79 Å². The Morgan fingerprint density at radius 3 is 2.92 bits per heavy atom. The molecule has 1 aromatic heterocycles. The van der Waals surface area contributed by atoms with E-state index in [2.05, 4.69) is 36.8 Å². The molecule has 0 aliphatic heterocycles. The number of H-pyrrole nitrogens is 1. The van der Waals surface area contributed by atoms with Gasteiger partial charge >= 0.3 is 0 Å². The predicted molar refractivity (Wildman–Crippen MR) is 106 cm³/mol. The quantitative estimate of drug-likeness (QED) is 0.428. The number of carbonyl (C=O) groups is 1. The summed E-state index contributed by atoms with van der Waals surface area (Å²) in [4.78, 5) is 15.5. The van der Waals surface area contributed by atoms with Crippen LogP contribution in [0, 0.1) is 0 Å². The molecule has 3 aromatic rings. The average Bonchev–Trinajstić information content (AvgIpc) is 3.03. The minimum absolute atomic E-state index is 0.168. The topological polar surface area (TPSA) is 69.3 Å². The molecule has 0 aliphatic rings. The summed E-state index contributed by atoms with van der Waals surface area (Å²) < 4.78 is 0.963. The number of halogens is 1. The lowest BCUT2D eigenvalue weighted by atomic mass is 10.2. The van der Waals surface area contributed by atoms with Crippen LogP contribution >= 0.6 is 15.9 Å². The minimum atomic E-state index is -0.352. The molecule has 0 saturated heterocycles. The summed E-state index contributed by atoms with van der Waals surface area (Å²) in [6.45, 7) is 1.96. The smallest absolute Gasteiger partial charge is 0.262 e. The van der Waals surface area contributed by atoms with Gasteiger partial charge in [0.05, 0.1) is 6.21 Å². The fraction of sp³-hybridized carbons (Fsp3) is 0.158. The number of rotatable bonds is 6. The van der Waals surface area contributed by atoms with Crippen LogP contribution in [0.25, 0.3) is 10.9 Å². The number of nitrogens with zero attached hydrogens (tertiary/aromatic N) is 1. The molecule has 0 radical (unpaired) electrons. The largest absolute Gasteiger partial charge is 0.374 e. The van der Waals surface area contributed by atoms with Gasteiger partial charge in [-0.1, -0.05) is 47.1 Å². The van der Waals surface area contributed by atoms with Gasteiger partial charge in [0.1, 0.15) is 6.04 Å². The zero-order chi connectivity index (χ0) is 17.6. The molecule has 0 bridgehead atoms. The number of benzene rings is 2. The van der Waals surface area contributed by atoms with Gasteiger partial charge in [-0.15, -0.1) is 0 Å². The number of amides is 1. The second kappa shape index (κ2) is 7.98. The Kier molecular flexibility index (Phi) is 5.50. The van der Waals surface area contributed by atoms with Crippen LogP contribution in [0.1, 0.15) is 18.9 Å². The highest BCUT2D eigenvalue weighted by Gasteiger charge is 2.15. The van der Waals surface area contributed by atoms with Gasteiger partial charge in [-0.25, -0.2) is 5.43 Å². The lowest BCUT2D eigenvalue weighted by molar-refractivity contribution is -0.121. The molecule has 5 nitrogen and oxygen atoms in total. The molecule has 1 unspecified atom stereocenters. The molecule has 3 rings (SSSR count). The average molecular weight is 399 g/mol. The Morgan fingerprint density at radius 2 is 2.12 bits per heavy atom. The maximum atomic E-state index is 12.3. The summed E-state index contributed by atoms with van der Waals surface area (Å²) in [5.74, 6) is -0.168. The molecular formula is C19H19BrN4O. The molecule has 0 spiro atoms. The summed E-state index contributed by atoms with van der Waals surface area (Å²) >= 11 is 3.43. The molecule has 0 saturated carbocycles. The second-order valence-electron chi connectivity index (χ2n) is 5.64. The zero-order valence-corrected chi connectivity index (χ0v) is 15.4. The van der Waals surface area contributed by atoms with Crippen LogP contribution in [-0.4, -0.2) is 23.1 Å². The zero-order valence-electron chi connectivity index (χ0n) is 13.8. The van der Waals surface area contributed by atoms with Crippen LogP contribution in [0.15, 0.2) is 64.3 Å². The van der Waals surface area contributed by atoms with Crippen LogP contribution in [-0.2, 0) is 4.79 Å². The number of para-hydroxylation sites is 1. The molecule has 6 heteroatoms. The predicted octanol–water partition coefficient (Wildman–Crippen LogP) is 4.27. The fourth-order valence-corrected chi connectivity index (χ4v) is 2.98. The standard InChI is InChI=1S/C19H19BrN4O/c1-2-17(23-15-7-5-6-14(20)10-15)19(25)24-22-12-13-11-21-18-9-4-3-8-16(13)18/h3-12,17,21,23H,2H2,1H3,(H,24,25). The summed E-state index contributed by atoms with van der Waals surface area (Å²) in [6, 6.07) is 15.3. The number of hydrogen-bond acceptors (Lipinski definition) is 3. The molecule has 1 amide bonds. The van der Waals surface area contributed by atoms with Crippen molar-refractivity contribution in [2.45, 2.75) is 19.4 Å².